The van der Waals surface area contributed by atoms with Crippen molar-refractivity contribution < 1.29 is 4.74 Å². The number of aryl methyl sites for hydroxylation is 1. The Balaban J connectivity index is 1.75. The lowest BCUT2D eigenvalue weighted by atomic mass is 10.1. The monoisotopic (exact) mass is 308 g/mol. The van der Waals surface area contributed by atoms with Gasteiger partial charge in [0.15, 0.2) is 0 Å². The number of benzene rings is 2. The molecule has 0 fully saturated rings. The summed E-state index contributed by atoms with van der Waals surface area (Å²) in [6.45, 7) is 2.08. The van der Waals surface area contributed by atoms with Crippen molar-refractivity contribution in [2.24, 2.45) is 4.99 Å². The second-order valence-electron chi connectivity index (χ2n) is 4.91. The van der Waals surface area contributed by atoms with Gasteiger partial charge >= 0.3 is 0 Å². The van der Waals surface area contributed by atoms with E-state index in [0.29, 0.717) is 0 Å². The SMILES string of the molecule is COc1ccc(C=Nc2nc(-c3ccc(C)cc3)cs2)cc1. The Bertz CT molecular complexity index is 774. The van der Waals surface area contributed by atoms with Crippen molar-refractivity contribution in [3.05, 3.63) is 65.0 Å². The fourth-order valence-corrected chi connectivity index (χ4v) is 2.67. The number of aliphatic imine (C=N–C) groups is 1. The van der Waals surface area contributed by atoms with E-state index in [9.17, 15) is 0 Å². The zero-order valence-corrected chi connectivity index (χ0v) is 13.3. The molecule has 0 atom stereocenters. The second-order valence-corrected chi connectivity index (χ2v) is 5.75. The second kappa shape index (κ2) is 6.54. The van der Waals surface area contributed by atoms with Crippen LogP contribution in [0.4, 0.5) is 5.13 Å². The fraction of sp³-hybridized carbons (Fsp3) is 0.111. The predicted octanol–water partition coefficient (Wildman–Crippen LogP) is 4.88. The Morgan fingerprint density at radius 1 is 1.05 bits per heavy atom. The predicted molar refractivity (Wildman–Crippen MR) is 92.5 cm³/mol. The first kappa shape index (κ1) is 14.5. The maximum absolute atomic E-state index is 5.14. The molecule has 1 heterocycles. The number of methoxy groups -OCH3 is 1. The minimum atomic E-state index is 0.756. The first-order valence-corrected chi connectivity index (χ1v) is 7.83. The summed E-state index contributed by atoms with van der Waals surface area (Å²) in [5.41, 5.74) is 4.35. The minimum absolute atomic E-state index is 0.756. The third-order valence-corrected chi connectivity index (χ3v) is 4.03. The quantitative estimate of drug-likeness (QED) is 0.644. The summed E-state index contributed by atoms with van der Waals surface area (Å²) < 4.78 is 5.14. The molecular formula is C18H16N2OS. The van der Waals surface area contributed by atoms with Crippen LogP contribution in [0, 0.1) is 6.92 Å². The number of rotatable bonds is 4. The van der Waals surface area contributed by atoms with Gasteiger partial charge in [0.2, 0.25) is 5.13 Å². The van der Waals surface area contributed by atoms with E-state index in [1.807, 2.05) is 35.9 Å². The molecule has 0 unspecified atom stereocenters. The van der Waals surface area contributed by atoms with Crippen molar-refractivity contribution in [1.82, 2.24) is 4.98 Å². The molecule has 0 spiro atoms. The van der Waals surface area contributed by atoms with Crippen molar-refractivity contribution in [3.8, 4) is 17.0 Å². The van der Waals surface area contributed by atoms with E-state index in [0.717, 1.165) is 27.7 Å². The van der Waals surface area contributed by atoms with E-state index in [1.165, 1.54) is 5.56 Å². The fourth-order valence-electron chi connectivity index (χ4n) is 2.00. The zero-order valence-electron chi connectivity index (χ0n) is 12.5. The highest BCUT2D eigenvalue weighted by Gasteiger charge is 2.03. The average Bonchev–Trinajstić information content (AvgIpc) is 3.03. The maximum atomic E-state index is 5.14. The van der Waals surface area contributed by atoms with Crippen LogP contribution in [0.2, 0.25) is 0 Å². The smallest absolute Gasteiger partial charge is 0.209 e. The molecule has 0 saturated heterocycles. The molecule has 4 heteroatoms. The molecule has 0 aliphatic rings. The number of hydrogen-bond donors (Lipinski definition) is 0. The molecule has 0 N–H and O–H groups in total. The highest BCUT2D eigenvalue weighted by atomic mass is 32.1. The highest BCUT2D eigenvalue weighted by molar-refractivity contribution is 7.13. The number of ether oxygens (including phenoxy) is 1. The van der Waals surface area contributed by atoms with Gasteiger partial charge in [-0.3, -0.25) is 0 Å². The summed E-state index contributed by atoms with van der Waals surface area (Å²) in [5, 5.41) is 2.79. The summed E-state index contributed by atoms with van der Waals surface area (Å²) in [7, 11) is 1.66. The maximum Gasteiger partial charge on any atom is 0.209 e. The van der Waals surface area contributed by atoms with Crippen LogP contribution in [0.25, 0.3) is 11.3 Å². The molecule has 0 aliphatic carbocycles. The molecule has 3 aromatic rings. The van der Waals surface area contributed by atoms with Crippen molar-refractivity contribution in [1.29, 1.82) is 0 Å². The van der Waals surface area contributed by atoms with Crippen LogP contribution in [-0.4, -0.2) is 18.3 Å². The molecule has 0 amide bonds. The van der Waals surface area contributed by atoms with Crippen molar-refractivity contribution in [2.75, 3.05) is 7.11 Å². The number of aromatic nitrogens is 1. The molecule has 0 aliphatic heterocycles. The lowest BCUT2D eigenvalue weighted by Gasteiger charge is -1.98. The van der Waals surface area contributed by atoms with Gasteiger partial charge in [-0.2, -0.15) is 0 Å². The molecule has 1 aromatic heterocycles. The van der Waals surface area contributed by atoms with Crippen molar-refractivity contribution >= 4 is 22.7 Å². The topological polar surface area (TPSA) is 34.5 Å². The van der Waals surface area contributed by atoms with Crippen molar-refractivity contribution in [3.63, 3.8) is 0 Å². The van der Waals surface area contributed by atoms with Gasteiger partial charge in [0, 0.05) is 17.2 Å². The third kappa shape index (κ3) is 3.40. The van der Waals surface area contributed by atoms with E-state index >= 15 is 0 Å². The molecule has 110 valence electrons. The van der Waals surface area contributed by atoms with Crippen LogP contribution in [0.5, 0.6) is 5.75 Å². The number of thiazole rings is 1. The number of hydrogen-bond acceptors (Lipinski definition) is 4. The summed E-state index contributed by atoms with van der Waals surface area (Å²) in [5.74, 6) is 0.841. The van der Waals surface area contributed by atoms with Crippen LogP contribution in [0.1, 0.15) is 11.1 Å². The summed E-state index contributed by atoms with van der Waals surface area (Å²) in [6.07, 6.45) is 1.82. The molecule has 0 saturated carbocycles. The molecule has 0 bridgehead atoms. The molecule has 22 heavy (non-hydrogen) atoms. The van der Waals surface area contributed by atoms with Gasteiger partial charge < -0.3 is 4.74 Å². The zero-order chi connectivity index (χ0) is 15.4. The Morgan fingerprint density at radius 3 is 2.45 bits per heavy atom. The van der Waals surface area contributed by atoms with Crippen LogP contribution < -0.4 is 4.74 Å². The Kier molecular flexibility index (Phi) is 4.30. The van der Waals surface area contributed by atoms with E-state index < -0.39 is 0 Å². The van der Waals surface area contributed by atoms with Gasteiger partial charge in [0.1, 0.15) is 5.75 Å². The summed E-state index contributed by atoms with van der Waals surface area (Å²) in [4.78, 5) is 8.99. The van der Waals surface area contributed by atoms with Crippen LogP contribution in [0.3, 0.4) is 0 Å². The third-order valence-electron chi connectivity index (χ3n) is 3.28. The largest absolute Gasteiger partial charge is 0.497 e. The standard InChI is InChI=1S/C18H16N2OS/c1-13-3-7-15(8-4-13)17-12-22-18(20-17)19-11-14-5-9-16(21-2)10-6-14/h3-12H,1-2H3. The van der Waals surface area contributed by atoms with Gasteiger partial charge in [0.05, 0.1) is 12.8 Å². The Labute approximate surface area is 134 Å². The van der Waals surface area contributed by atoms with Gasteiger partial charge in [0.25, 0.3) is 0 Å². The molecule has 0 radical (unpaired) electrons. The lowest BCUT2D eigenvalue weighted by Crippen LogP contribution is -1.84. The first-order valence-electron chi connectivity index (χ1n) is 6.95. The van der Waals surface area contributed by atoms with E-state index in [2.05, 4.69) is 41.2 Å². The van der Waals surface area contributed by atoms with Crippen LogP contribution in [-0.2, 0) is 0 Å². The minimum Gasteiger partial charge on any atom is -0.497 e. The summed E-state index contributed by atoms with van der Waals surface area (Å²) in [6, 6.07) is 16.1. The van der Waals surface area contributed by atoms with Gasteiger partial charge in [-0.1, -0.05) is 29.8 Å². The lowest BCUT2D eigenvalue weighted by molar-refractivity contribution is 0.415. The van der Waals surface area contributed by atoms with Gasteiger partial charge in [-0.25, -0.2) is 9.98 Å². The normalized spacial score (nSPS) is 11.0. The van der Waals surface area contributed by atoms with E-state index in [4.69, 9.17) is 4.74 Å². The van der Waals surface area contributed by atoms with Gasteiger partial charge in [-0.05, 0) is 36.8 Å². The van der Waals surface area contributed by atoms with Crippen molar-refractivity contribution in [2.45, 2.75) is 6.92 Å². The average molecular weight is 308 g/mol. The molecule has 2 aromatic carbocycles. The Hall–Kier alpha value is -2.46. The van der Waals surface area contributed by atoms with Gasteiger partial charge in [-0.15, -0.1) is 11.3 Å². The molecular weight excluding hydrogens is 292 g/mol. The van der Waals surface area contributed by atoms with Crippen LogP contribution >= 0.6 is 11.3 Å². The van der Waals surface area contributed by atoms with Crippen LogP contribution in [0.15, 0.2) is 58.9 Å². The Morgan fingerprint density at radius 2 is 1.77 bits per heavy atom. The number of nitrogens with zero attached hydrogens (tertiary/aromatic N) is 2. The molecule has 3 nitrogen and oxygen atoms in total. The van der Waals surface area contributed by atoms with E-state index in [1.54, 1.807) is 18.4 Å². The highest BCUT2D eigenvalue weighted by Crippen LogP contribution is 2.26. The summed E-state index contributed by atoms with van der Waals surface area (Å²) >= 11 is 1.54. The van der Waals surface area contributed by atoms with E-state index in [-0.39, 0.29) is 0 Å². The molecule has 3 rings (SSSR count). The first-order chi connectivity index (χ1) is 10.7.